The fourth-order valence-corrected chi connectivity index (χ4v) is 4.59. The highest BCUT2D eigenvalue weighted by Crippen LogP contribution is 2.29. The maximum absolute atomic E-state index is 12.1. The van der Waals surface area contributed by atoms with Crippen molar-refractivity contribution in [1.82, 2.24) is 5.32 Å². The number of carbonyl (C=O) groups excluding carboxylic acids is 1. The Labute approximate surface area is 133 Å². The predicted octanol–water partition coefficient (Wildman–Crippen LogP) is 3.30. The summed E-state index contributed by atoms with van der Waals surface area (Å²) >= 11 is 4.71. The molecule has 3 aromatic rings. The van der Waals surface area contributed by atoms with Crippen LogP contribution in [0.1, 0.15) is 20.1 Å². The molecule has 3 heterocycles. The zero-order valence-electron chi connectivity index (χ0n) is 10.9. The highest BCUT2D eigenvalue weighted by atomic mass is 32.1. The number of hydrogen-bond acceptors (Lipinski definition) is 5. The number of amides is 1. The van der Waals surface area contributed by atoms with Gasteiger partial charge < -0.3 is 10.4 Å². The van der Waals surface area contributed by atoms with Gasteiger partial charge in [0, 0.05) is 25.2 Å². The van der Waals surface area contributed by atoms with Crippen LogP contribution >= 0.6 is 34.0 Å². The SMILES string of the molecule is O=C(NCc1cc(C#CCO)cs1)c1cc2sccc2s1. The van der Waals surface area contributed by atoms with E-state index in [-0.39, 0.29) is 12.5 Å². The molecule has 3 aromatic heterocycles. The van der Waals surface area contributed by atoms with E-state index in [0.717, 1.165) is 24.7 Å². The van der Waals surface area contributed by atoms with Crippen LogP contribution in [0.4, 0.5) is 0 Å². The summed E-state index contributed by atoms with van der Waals surface area (Å²) in [5, 5.41) is 15.5. The van der Waals surface area contributed by atoms with E-state index in [1.54, 1.807) is 22.7 Å². The molecule has 0 radical (unpaired) electrons. The van der Waals surface area contributed by atoms with Gasteiger partial charge in [-0.3, -0.25) is 4.79 Å². The molecule has 0 bridgehead atoms. The van der Waals surface area contributed by atoms with Crippen molar-refractivity contribution >= 4 is 49.3 Å². The molecule has 0 aromatic carbocycles. The summed E-state index contributed by atoms with van der Waals surface area (Å²) in [6.07, 6.45) is 0. The number of aliphatic hydroxyl groups is 1. The van der Waals surface area contributed by atoms with Gasteiger partial charge in [-0.1, -0.05) is 11.8 Å². The number of nitrogens with one attached hydrogen (secondary N) is 1. The van der Waals surface area contributed by atoms with Crippen LogP contribution in [0.15, 0.2) is 29.0 Å². The minimum atomic E-state index is -0.141. The molecule has 1 amide bonds. The van der Waals surface area contributed by atoms with Crippen molar-refractivity contribution in [3.63, 3.8) is 0 Å². The second-order valence-electron chi connectivity index (χ2n) is 4.20. The van der Waals surface area contributed by atoms with Gasteiger partial charge >= 0.3 is 0 Å². The summed E-state index contributed by atoms with van der Waals surface area (Å²) in [5.74, 6) is 5.42. The summed E-state index contributed by atoms with van der Waals surface area (Å²) in [4.78, 5) is 13.9. The zero-order chi connectivity index (χ0) is 14.7. The summed E-state index contributed by atoms with van der Waals surface area (Å²) in [5.41, 5.74) is 0.870. The molecule has 0 saturated heterocycles. The summed E-state index contributed by atoms with van der Waals surface area (Å²) in [7, 11) is 0. The van der Waals surface area contributed by atoms with Crippen LogP contribution in [-0.4, -0.2) is 17.6 Å². The van der Waals surface area contributed by atoms with Gasteiger partial charge in [0.05, 0.1) is 11.4 Å². The number of carbonyl (C=O) groups is 1. The average molecular weight is 333 g/mol. The van der Waals surface area contributed by atoms with Gasteiger partial charge in [0.2, 0.25) is 0 Å². The molecule has 3 rings (SSSR count). The lowest BCUT2D eigenvalue weighted by Crippen LogP contribution is -2.21. The minimum Gasteiger partial charge on any atom is -0.384 e. The Morgan fingerprint density at radius 3 is 3.00 bits per heavy atom. The third-order valence-corrected chi connectivity index (χ3v) is 5.78. The van der Waals surface area contributed by atoms with Crippen molar-refractivity contribution in [3.8, 4) is 11.8 Å². The first kappa shape index (κ1) is 14.3. The van der Waals surface area contributed by atoms with E-state index < -0.39 is 0 Å². The lowest BCUT2D eigenvalue weighted by atomic mass is 10.3. The maximum Gasteiger partial charge on any atom is 0.261 e. The summed E-state index contributed by atoms with van der Waals surface area (Å²) in [6.45, 7) is 0.354. The van der Waals surface area contributed by atoms with Crippen LogP contribution in [0.2, 0.25) is 0 Å². The molecule has 3 nitrogen and oxygen atoms in total. The van der Waals surface area contributed by atoms with Gasteiger partial charge in [-0.15, -0.1) is 34.0 Å². The number of hydrogen-bond donors (Lipinski definition) is 2. The fourth-order valence-electron chi connectivity index (χ4n) is 1.81. The minimum absolute atomic E-state index is 0.0419. The van der Waals surface area contributed by atoms with E-state index >= 15 is 0 Å². The van der Waals surface area contributed by atoms with Gasteiger partial charge in [-0.25, -0.2) is 0 Å². The van der Waals surface area contributed by atoms with E-state index in [0.29, 0.717) is 6.54 Å². The number of thiophene rings is 3. The molecule has 21 heavy (non-hydrogen) atoms. The molecule has 0 saturated carbocycles. The second kappa shape index (κ2) is 6.41. The number of fused-ring (bicyclic) bond motifs is 1. The Balaban J connectivity index is 1.63. The van der Waals surface area contributed by atoms with E-state index in [4.69, 9.17) is 5.11 Å². The Morgan fingerprint density at radius 2 is 2.19 bits per heavy atom. The Bertz CT molecular complexity index is 803. The first-order chi connectivity index (χ1) is 10.3. The third kappa shape index (κ3) is 3.34. The molecule has 0 unspecified atom stereocenters. The third-order valence-electron chi connectivity index (χ3n) is 2.75. The van der Waals surface area contributed by atoms with Crippen LogP contribution in [0.5, 0.6) is 0 Å². The van der Waals surface area contributed by atoms with Gasteiger partial charge in [0.1, 0.15) is 6.61 Å². The van der Waals surface area contributed by atoms with Gasteiger partial charge in [0.25, 0.3) is 5.91 Å². The van der Waals surface area contributed by atoms with Crippen molar-refractivity contribution in [2.45, 2.75) is 6.54 Å². The highest BCUT2D eigenvalue weighted by Gasteiger charge is 2.11. The Morgan fingerprint density at radius 1 is 1.29 bits per heavy atom. The monoisotopic (exact) mass is 333 g/mol. The fraction of sp³-hybridized carbons (Fsp3) is 0.133. The topological polar surface area (TPSA) is 49.3 Å². The average Bonchev–Trinajstić information content (AvgIpc) is 3.17. The van der Waals surface area contributed by atoms with Gasteiger partial charge in [0.15, 0.2) is 0 Å². The Kier molecular flexibility index (Phi) is 4.36. The summed E-state index contributed by atoms with van der Waals surface area (Å²) < 4.78 is 2.31. The molecule has 106 valence electrons. The zero-order valence-corrected chi connectivity index (χ0v) is 13.3. The van der Waals surface area contributed by atoms with Crippen LogP contribution in [0, 0.1) is 11.8 Å². The van der Waals surface area contributed by atoms with E-state index in [1.165, 1.54) is 11.3 Å². The van der Waals surface area contributed by atoms with Gasteiger partial charge in [-0.05, 0) is 23.6 Å². The van der Waals surface area contributed by atoms with Crippen LogP contribution in [-0.2, 0) is 6.54 Å². The van der Waals surface area contributed by atoms with Crippen molar-refractivity contribution in [3.05, 3.63) is 44.3 Å². The maximum atomic E-state index is 12.1. The summed E-state index contributed by atoms with van der Waals surface area (Å²) in [6, 6.07) is 5.90. The molecule has 2 N–H and O–H groups in total. The lowest BCUT2D eigenvalue weighted by molar-refractivity contribution is 0.0955. The quantitative estimate of drug-likeness (QED) is 0.723. The van der Waals surface area contributed by atoms with E-state index in [1.807, 2.05) is 29.0 Å². The molecule has 0 aliphatic rings. The highest BCUT2D eigenvalue weighted by molar-refractivity contribution is 7.27. The smallest absolute Gasteiger partial charge is 0.261 e. The Hall–Kier alpha value is -1.65. The van der Waals surface area contributed by atoms with Crippen LogP contribution in [0.3, 0.4) is 0 Å². The molecular weight excluding hydrogens is 322 g/mol. The standard InChI is InChI=1S/C15H11NO2S3/c17-4-1-2-10-6-11(20-9-10)8-16-15(18)14-7-13-12(21-14)3-5-19-13/h3,5-7,9,17H,4,8H2,(H,16,18). The van der Waals surface area contributed by atoms with Crippen molar-refractivity contribution in [2.24, 2.45) is 0 Å². The van der Waals surface area contributed by atoms with Gasteiger partial charge in [-0.2, -0.15) is 0 Å². The molecule has 0 spiro atoms. The van der Waals surface area contributed by atoms with Crippen molar-refractivity contribution < 1.29 is 9.90 Å². The van der Waals surface area contributed by atoms with Crippen molar-refractivity contribution in [1.29, 1.82) is 0 Å². The first-order valence-corrected chi connectivity index (χ1v) is 8.76. The van der Waals surface area contributed by atoms with Crippen molar-refractivity contribution in [2.75, 3.05) is 6.61 Å². The first-order valence-electron chi connectivity index (χ1n) is 6.18. The number of rotatable bonds is 3. The second-order valence-corrected chi connectivity index (χ2v) is 7.23. The number of aliphatic hydroxyl groups excluding tert-OH is 1. The molecule has 6 heteroatoms. The predicted molar refractivity (Wildman–Crippen MR) is 89.2 cm³/mol. The van der Waals surface area contributed by atoms with Crippen LogP contribution < -0.4 is 5.32 Å². The van der Waals surface area contributed by atoms with E-state index in [2.05, 4.69) is 17.2 Å². The molecule has 0 aliphatic carbocycles. The molecular formula is C15H11NO2S3. The van der Waals surface area contributed by atoms with Crippen LogP contribution in [0.25, 0.3) is 9.40 Å². The molecule has 0 aliphatic heterocycles. The molecule has 0 atom stereocenters. The largest absolute Gasteiger partial charge is 0.384 e. The molecule has 0 fully saturated rings. The normalized spacial score (nSPS) is 10.3. The van der Waals surface area contributed by atoms with E-state index in [9.17, 15) is 4.79 Å². The lowest BCUT2D eigenvalue weighted by Gasteiger charge is -2.00.